The fourth-order valence-corrected chi connectivity index (χ4v) is 3.41. The molecule has 4 aromatic carbocycles. The number of hydrogen-bond donors (Lipinski definition) is 0. The van der Waals surface area contributed by atoms with Crippen LogP contribution >= 0.6 is 0 Å². The molecule has 0 bridgehead atoms. The van der Waals surface area contributed by atoms with E-state index in [1.54, 1.807) is 72.8 Å². The summed E-state index contributed by atoms with van der Waals surface area (Å²) in [6.07, 6.45) is 6.73. The zero-order valence-electron chi connectivity index (χ0n) is 19.7. The quantitative estimate of drug-likeness (QED) is 0.134. The molecule has 0 aliphatic carbocycles. The number of ether oxygens (including phenoxy) is 2. The average molecular weight is 475 g/mol. The Hall–Kier alpha value is -4.70. The monoisotopic (exact) mass is 474 g/mol. The van der Waals surface area contributed by atoms with E-state index >= 15 is 0 Å². The normalized spacial score (nSPS) is 11.0. The molecule has 0 atom stereocenters. The number of carbonyl (C=O) groups is 2. The Bertz CT molecular complexity index is 1210. The minimum absolute atomic E-state index is 0.0637. The molecule has 0 radical (unpaired) electrons. The molecule has 4 nitrogen and oxygen atoms in total. The molecule has 0 saturated carbocycles. The van der Waals surface area contributed by atoms with Gasteiger partial charge in [-0.2, -0.15) is 0 Å². The van der Waals surface area contributed by atoms with E-state index in [1.807, 2.05) is 60.7 Å². The maximum Gasteiger partial charge on any atom is 0.185 e. The average Bonchev–Trinajstić information content (AvgIpc) is 2.94. The molecule has 178 valence electrons. The zero-order chi connectivity index (χ0) is 25.0. The molecule has 4 heteroatoms. The zero-order valence-corrected chi connectivity index (χ0v) is 19.7. The number of rotatable bonds is 11. The second kappa shape index (κ2) is 12.7. The standard InChI is InChI=1S/C32H26O4/c33-31(21-11-25-7-3-1-4-8-25)27-13-17-29(18-14-27)35-23-24-36-30-19-15-28(16-20-30)32(34)22-12-26-9-5-2-6-10-26/h1-22H,23-24H2/b21-11+,22-12+. The molecule has 0 aromatic heterocycles. The van der Waals surface area contributed by atoms with Crippen LogP contribution in [0, 0.1) is 0 Å². The van der Waals surface area contributed by atoms with E-state index in [9.17, 15) is 9.59 Å². The van der Waals surface area contributed by atoms with Crippen LogP contribution in [0.4, 0.5) is 0 Å². The first kappa shape index (κ1) is 24.4. The highest BCUT2D eigenvalue weighted by atomic mass is 16.5. The summed E-state index contributed by atoms with van der Waals surface area (Å²) >= 11 is 0. The Balaban J connectivity index is 1.20. The van der Waals surface area contributed by atoms with Crippen molar-refractivity contribution in [3.05, 3.63) is 144 Å². The second-order valence-electron chi connectivity index (χ2n) is 7.96. The summed E-state index contributed by atoms with van der Waals surface area (Å²) in [6, 6.07) is 33.5. The van der Waals surface area contributed by atoms with Crippen LogP contribution < -0.4 is 9.47 Å². The van der Waals surface area contributed by atoms with Crippen molar-refractivity contribution in [3.8, 4) is 11.5 Å². The van der Waals surface area contributed by atoms with Crippen LogP contribution in [0.5, 0.6) is 11.5 Å². The van der Waals surface area contributed by atoms with E-state index in [-0.39, 0.29) is 11.6 Å². The molecule has 0 unspecified atom stereocenters. The Labute approximate surface area is 211 Å². The summed E-state index contributed by atoms with van der Waals surface area (Å²) < 4.78 is 11.4. The number of hydrogen-bond acceptors (Lipinski definition) is 4. The Kier molecular flexibility index (Phi) is 8.60. The number of carbonyl (C=O) groups excluding carboxylic acids is 2. The van der Waals surface area contributed by atoms with E-state index in [0.29, 0.717) is 35.8 Å². The van der Waals surface area contributed by atoms with E-state index in [2.05, 4.69) is 0 Å². The van der Waals surface area contributed by atoms with Crippen molar-refractivity contribution in [2.45, 2.75) is 0 Å². The van der Waals surface area contributed by atoms with Gasteiger partial charge in [0.15, 0.2) is 11.6 Å². The lowest BCUT2D eigenvalue weighted by molar-refractivity contribution is 0.103. The maximum atomic E-state index is 12.3. The predicted octanol–water partition coefficient (Wildman–Crippen LogP) is 6.94. The molecular weight excluding hydrogens is 448 g/mol. The lowest BCUT2D eigenvalue weighted by Gasteiger charge is -2.09. The minimum atomic E-state index is -0.0637. The van der Waals surface area contributed by atoms with Crippen molar-refractivity contribution in [1.29, 1.82) is 0 Å². The Morgan fingerprint density at radius 1 is 0.500 bits per heavy atom. The van der Waals surface area contributed by atoms with Gasteiger partial charge < -0.3 is 9.47 Å². The van der Waals surface area contributed by atoms with E-state index in [0.717, 1.165) is 11.1 Å². The molecule has 36 heavy (non-hydrogen) atoms. The fraction of sp³-hybridized carbons (Fsp3) is 0.0625. The van der Waals surface area contributed by atoms with E-state index in [4.69, 9.17) is 9.47 Å². The number of benzene rings is 4. The van der Waals surface area contributed by atoms with Gasteiger partial charge in [0.1, 0.15) is 24.7 Å². The predicted molar refractivity (Wildman–Crippen MR) is 143 cm³/mol. The third-order valence-corrected chi connectivity index (χ3v) is 5.35. The highest BCUT2D eigenvalue weighted by molar-refractivity contribution is 6.07. The molecule has 0 aliphatic rings. The van der Waals surface area contributed by atoms with Crippen LogP contribution in [0.25, 0.3) is 12.2 Å². The summed E-state index contributed by atoms with van der Waals surface area (Å²) in [7, 11) is 0. The fourth-order valence-electron chi connectivity index (χ4n) is 3.41. The SMILES string of the molecule is O=C(/C=C/c1ccccc1)c1ccc(OCCOc2ccc(C(=O)/C=C/c3ccccc3)cc2)cc1. The van der Waals surface area contributed by atoms with Crippen molar-refractivity contribution >= 4 is 23.7 Å². The highest BCUT2D eigenvalue weighted by Crippen LogP contribution is 2.16. The van der Waals surface area contributed by atoms with Gasteiger partial charge in [-0.3, -0.25) is 9.59 Å². The topological polar surface area (TPSA) is 52.6 Å². The minimum Gasteiger partial charge on any atom is -0.490 e. The van der Waals surface area contributed by atoms with Gasteiger partial charge in [0.2, 0.25) is 0 Å². The first-order chi connectivity index (χ1) is 17.7. The molecule has 0 amide bonds. The summed E-state index contributed by atoms with van der Waals surface area (Å²) in [5.74, 6) is 1.19. The highest BCUT2D eigenvalue weighted by Gasteiger charge is 2.04. The van der Waals surface area contributed by atoms with Gasteiger partial charge in [-0.05, 0) is 71.8 Å². The van der Waals surface area contributed by atoms with Gasteiger partial charge in [-0.25, -0.2) is 0 Å². The van der Waals surface area contributed by atoms with Crippen LogP contribution in [-0.4, -0.2) is 24.8 Å². The van der Waals surface area contributed by atoms with Crippen molar-refractivity contribution < 1.29 is 19.1 Å². The van der Waals surface area contributed by atoms with Crippen LogP contribution in [-0.2, 0) is 0 Å². The molecular formula is C32H26O4. The van der Waals surface area contributed by atoms with Crippen molar-refractivity contribution in [2.75, 3.05) is 13.2 Å². The number of ketones is 2. The van der Waals surface area contributed by atoms with E-state index in [1.165, 1.54) is 0 Å². The number of allylic oxidation sites excluding steroid dienone is 2. The van der Waals surface area contributed by atoms with Crippen LogP contribution in [0.2, 0.25) is 0 Å². The third-order valence-electron chi connectivity index (χ3n) is 5.35. The van der Waals surface area contributed by atoms with Gasteiger partial charge >= 0.3 is 0 Å². The largest absolute Gasteiger partial charge is 0.490 e. The lowest BCUT2D eigenvalue weighted by atomic mass is 10.1. The summed E-state index contributed by atoms with van der Waals surface area (Å²) in [5, 5.41) is 0. The third kappa shape index (κ3) is 7.40. The molecule has 0 fully saturated rings. The molecule has 0 saturated heterocycles. The second-order valence-corrected chi connectivity index (χ2v) is 7.96. The Morgan fingerprint density at radius 2 is 0.861 bits per heavy atom. The molecule has 0 aliphatic heterocycles. The van der Waals surface area contributed by atoms with Crippen molar-refractivity contribution in [2.24, 2.45) is 0 Å². The van der Waals surface area contributed by atoms with Gasteiger partial charge in [-0.15, -0.1) is 0 Å². The van der Waals surface area contributed by atoms with Crippen molar-refractivity contribution in [3.63, 3.8) is 0 Å². The molecule has 4 aromatic rings. The molecule has 4 rings (SSSR count). The van der Waals surface area contributed by atoms with Crippen molar-refractivity contribution in [1.82, 2.24) is 0 Å². The summed E-state index contributed by atoms with van der Waals surface area (Å²) in [4.78, 5) is 24.7. The van der Waals surface area contributed by atoms with Gasteiger partial charge in [0.05, 0.1) is 0 Å². The summed E-state index contributed by atoms with van der Waals surface area (Å²) in [6.45, 7) is 0.698. The molecule has 0 heterocycles. The van der Waals surface area contributed by atoms with Crippen LogP contribution in [0.1, 0.15) is 31.8 Å². The first-order valence-corrected chi connectivity index (χ1v) is 11.7. The maximum absolute atomic E-state index is 12.3. The lowest BCUT2D eigenvalue weighted by Crippen LogP contribution is -2.09. The van der Waals surface area contributed by atoms with Crippen LogP contribution in [0.3, 0.4) is 0 Å². The first-order valence-electron chi connectivity index (χ1n) is 11.7. The van der Waals surface area contributed by atoms with Gasteiger partial charge in [0, 0.05) is 11.1 Å². The summed E-state index contributed by atoms with van der Waals surface area (Å²) in [5.41, 5.74) is 3.15. The van der Waals surface area contributed by atoms with Gasteiger partial charge in [-0.1, -0.05) is 72.8 Å². The Morgan fingerprint density at radius 3 is 1.22 bits per heavy atom. The smallest absolute Gasteiger partial charge is 0.185 e. The van der Waals surface area contributed by atoms with Crippen LogP contribution in [0.15, 0.2) is 121 Å². The van der Waals surface area contributed by atoms with E-state index < -0.39 is 0 Å². The van der Waals surface area contributed by atoms with Gasteiger partial charge in [0.25, 0.3) is 0 Å². The molecule has 0 N–H and O–H groups in total. The molecule has 0 spiro atoms.